The molecule has 0 aliphatic heterocycles. The highest BCUT2D eigenvalue weighted by Gasteiger charge is 2.05. The first-order valence-corrected chi connectivity index (χ1v) is 3.72. The van der Waals surface area contributed by atoms with E-state index in [4.69, 9.17) is 11.0 Å². The topological polar surface area (TPSA) is 75.6 Å². The van der Waals surface area contributed by atoms with Gasteiger partial charge in [0.25, 0.3) is 0 Å². The molecule has 0 aliphatic carbocycles. The van der Waals surface area contributed by atoms with Gasteiger partial charge in [0.05, 0.1) is 11.2 Å². The fourth-order valence-corrected chi connectivity index (χ4v) is 1.17. The Morgan fingerprint density at radius 1 is 1.23 bits per heavy atom. The summed E-state index contributed by atoms with van der Waals surface area (Å²) >= 11 is 0. The summed E-state index contributed by atoms with van der Waals surface area (Å²) in [5.74, 6) is 0. The zero-order chi connectivity index (χ0) is 9.26. The van der Waals surface area contributed by atoms with E-state index < -0.39 is 0 Å². The van der Waals surface area contributed by atoms with Crippen LogP contribution in [0.1, 0.15) is 5.56 Å². The molecule has 0 atom stereocenters. The maximum Gasteiger partial charge on any atom is 0.108 e. The molecule has 0 amide bonds. The Balaban J connectivity index is 2.94. The first-order valence-electron chi connectivity index (χ1n) is 3.72. The van der Waals surface area contributed by atoms with Crippen LogP contribution in [0.5, 0.6) is 0 Å². The van der Waals surface area contributed by atoms with E-state index in [1.165, 1.54) is 0 Å². The van der Waals surface area contributed by atoms with Crippen LogP contribution in [0.15, 0.2) is 24.5 Å². The molecule has 2 aromatic rings. The van der Waals surface area contributed by atoms with Crippen molar-refractivity contribution in [2.45, 2.75) is 0 Å². The first-order chi connectivity index (χ1) is 6.33. The lowest BCUT2D eigenvalue weighted by molar-refractivity contribution is 1.29. The highest BCUT2D eigenvalue weighted by Crippen LogP contribution is 2.19. The zero-order valence-corrected chi connectivity index (χ0v) is 6.73. The maximum atomic E-state index is 8.82. The van der Waals surface area contributed by atoms with E-state index in [-0.39, 0.29) is 0 Å². The number of nitrogen functional groups attached to an aromatic ring is 1. The summed E-state index contributed by atoms with van der Waals surface area (Å²) in [7, 11) is 0. The average molecular weight is 170 g/mol. The number of rotatable bonds is 0. The summed E-state index contributed by atoms with van der Waals surface area (Å²) in [6.07, 6.45) is 3.13. The number of nitriles is 1. The van der Waals surface area contributed by atoms with Crippen LogP contribution in [0.2, 0.25) is 0 Å². The van der Waals surface area contributed by atoms with Crippen molar-refractivity contribution < 1.29 is 0 Å². The monoisotopic (exact) mass is 170 g/mol. The number of hydrogen-bond donors (Lipinski definition) is 1. The van der Waals surface area contributed by atoms with Crippen LogP contribution in [0.4, 0.5) is 5.69 Å². The molecule has 0 fully saturated rings. The summed E-state index contributed by atoms with van der Waals surface area (Å²) in [5.41, 5.74) is 7.69. The summed E-state index contributed by atoms with van der Waals surface area (Å²) in [4.78, 5) is 8.11. The summed E-state index contributed by atoms with van der Waals surface area (Å²) in [6, 6.07) is 5.42. The number of fused-ring (bicyclic) bond motifs is 1. The largest absolute Gasteiger partial charge is 0.398 e. The molecule has 0 aliphatic rings. The molecule has 0 saturated carbocycles. The van der Waals surface area contributed by atoms with Crippen molar-refractivity contribution in [3.05, 3.63) is 30.1 Å². The fraction of sp³-hybridized carbons (Fsp3) is 0. The van der Waals surface area contributed by atoms with Gasteiger partial charge in [0.15, 0.2) is 0 Å². The molecule has 2 rings (SSSR count). The third-order valence-corrected chi connectivity index (χ3v) is 1.78. The fourth-order valence-electron chi connectivity index (χ4n) is 1.17. The van der Waals surface area contributed by atoms with E-state index >= 15 is 0 Å². The van der Waals surface area contributed by atoms with Gasteiger partial charge in [0.1, 0.15) is 17.1 Å². The molecule has 2 N–H and O–H groups in total. The first kappa shape index (κ1) is 7.50. The minimum absolute atomic E-state index is 0.394. The lowest BCUT2D eigenvalue weighted by atomic mass is 10.1. The molecule has 1 heterocycles. The van der Waals surface area contributed by atoms with E-state index in [2.05, 4.69) is 9.97 Å². The van der Waals surface area contributed by atoms with Gasteiger partial charge in [0, 0.05) is 12.4 Å². The van der Waals surface area contributed by atoms with Gasteiger partial charge in [-0.2, -0.15) is 5.26 Å². The van der Waals surface area contributed by atoms with E-state index in [0.717, 1.165) is 0 Å². The molecule has 4 nitrogen and oxygen atoms in total. The van der Waals surface area contributed by atoms with Crippen molar-refractivity contribution in [3.63, 3.8) is 0 Å². The number of hydrogen-bond acceptors (Lipinski definition) is 4. The average Bonchev–Trinajstić information content (AvgIpc) is 2.18. The molecule has 0 radical (unpaired) electrons. The number of nitrogens with two attached hydrogens (primary N) is 1. The molecule has 0 unspecified atom stereocenters. The normalized spacial score (nSPS) is 9.77. The minimum Gasteiger partial charge on any atom is -0.398 e. The Labute approximate surface area is 74.6 Å². The van der Waals surface area contributed by atoms with Crippen molar-refractivity contribution in [2.24, 2.45) is 0 Å². The molecule has 62 valence electrons. The van der Waals surface area contributed by atoms with Crippen LogP contribution in [-0.2, 0) is 0 Å². The quantitative estimate of drug-likeness (QED) is 0.600. The number of anilines is 1. The van der Waals surface area contributed by atoms with Crippen LogP contribution in [0, 0.1) is 11.3 Å². The van der Waals surface area contributed by atoms with Crippen LogP contribution in [0.3, 0.4) is 0 Å². The summed E-state index contributed by atoms with van der Waals surface area (Å²) in [5, 5.41) is 8.82. The van der Waals surface area contributed by atoms with Gasteiger partial charge in [-0.3, -0.25) is 9.97 Å². The van der Waals surface area contributed by atoms with Crippen molar-refractivity contribution in [1.82, 2.24) is 9.97 Å². The number of benzene rings is 1. The zero-order valence-electron chi connectivity index (χ0n) is 6.73. The molecular formula is C9H6N4. The molecule has 1 aromatic heterocycles. The minimum atomic E-state index is 0.394. The van der Waals surface area contributed by atoms with Gasteiger partial charge in [0.2, 0.25) is 0 Å². The Bertz CT molecular complexity index is 498. The smallest absolute Gasteiger partial charge is 0.108 e. The Hall–Kier alpha value is -2.15. The summed E-state index contributed by atoms with van der Waals surface area (Å²) < 4.78 is 0. The third kappa shape index (κ3) is 1.07. The van der Waals surface area contributed by atoms with Gasteiger partial charge < -0.3 is 5.73 Å². The summed E-state index contributed by atoms with van der Waals surface area (Å²) in [6.45, 7) is 0. The third-order valence-electron chi connectivity index (χ3n) is 1.78. The predicted molar refractivity (Wildman–Crippen MR) is 48.7 cm³/mol. The molecule has 1 aromatic carbocycles. The van der Waals surface area contributed by atoms with Crippen LogP contribution in [0.25, 0.3) is 11.0 Å². The Morgan fingerprint density at radius 2 is 2.00 bits per heavy atom. The van der Waals surface area contributed by atoms with Gasteiger partial charge in [-0.25, -0.2) is 0 Å². The van der Waals surface area contributed by atoms with Gasteiger partial charge in [-0.15, -0.1) is 0 Å². The Morgan fingerprint density at radius 3 is 2.77 bits per heavy atom. The number of nitrogens with zero attached hydrogens (tertiary/aromatic N) is 3. The predicted octanol–water partition coefficient (Wildman–Crippen LogP) is 1.08. The number of aromatic nitrogens is 2. The molecular weight excluding hydrogens is 164 g/mol. The lowest BCUT2D eigenvalue weighted by Crippen LogP contribution is -1.93. The second kappa shape index (κ2) is 2.72. The van der Waals surface area contributed by atoms with Crippen LogP contribution in [-0.4, -0.2) is 9.97 Å². The second-order valence-electron chi connectivity index (χ2n) is 2.57. The van der Waals surface area contributed by atoms with Crippen LogP contribution < -0.4 is 5.73 Å². The standard InChI is InChI=1S/C9H6N4/c10-5-6-7(11)1-2-8-9(6)13-4-3-12-8/h1-4H,11H2. The van der Waals surface area contributed by atoms with E-state index in [9.17, 15) is 0 Å². The SMILES string of the molecule is N#Cc1c(N)ccc2nccnc12. The van der Waals surface area contributed by atoms with Gasteiger partial charge >= 0.3 is 0 Å². The highest BCUT2D eigenvalue weighted by atomic mass is 14.8. The van der Waals surface area contributed by atoms with E-state index in [0.29, 0.717) is 22.3 Å². The second-order valence-corrected chi connectivity index (χ2v) is 2.57. The van der Waals surface area contributed by atoms with E-state index in [1.807, 2.05) is 6.07 Å². The van der Waals surface area contributed by atoms with E-state index in [1.54, 1.807) is 24.5 Å². The molecule has 4 heteroatoms. The lowest BCUT2D eigenvalue weighted by Gasteiger charge is -1.99. The molecule has 13 heavy (non-hydrogen) atoms. The van der Waals surface area contributed by atoms with Crippen molar-refractivity contribution >= 4 is 16.7 Å². The molecule has 0 saturated heterocycles. The van der Waals surface area contributed by atoms with Gasteiger partial charge in [-0.05, 0) is 12.1 Å². The molecule has 0 bridgehead atoms. The van der Waals surface area contributed by atoms with Gasteiger partial charge in [-0.1, -0.05) is 0 Å². The molecule has 0 spiro atoms. The van der Waals surface area contributed by atoms with Crippen molar-refractivity contribution in [1.29, 1.82) is 5.26 Å². The van der Waals surface area contributed by atoms with Crippen molar-refractivity contribution in [3.8, 4) is 6.07 Å². The highest BCUT2D eigenvalue weighted by molar-refractivity contribution is 5.85. The Kier molecular flexibility index (Phi) is 1.57. The maximum absolute atomic E-state index is 8.82. The van der Waals surface area contributed by atoms with Crippen molar-refractivity contribution in [2.75, 3.05) is 5.73 Å². The van der Waals surface area contributed by atoms with Crippen LogP contribution >= 0.6 is 0 Å².